The van der Waals surface area contributed by atoms with Crippen LogP contribution < -0.4 is 9.47 Å². The normalized spacial score (nSPS) is 10.8. The van der Waals surface area contributed by atoms with Gasteiger partial charge in [0.15, 0.2) is 11.5 Å². The molecule has 0 heterocycles. The summed E-state index contributed by atoms with van der Waals surface area (Å²) >= 11 is 5.54. The van der Waals surface area contributed by atoms with Crippen LogP contribution >= 0.6 is 11.6 Å². The van der Waals surface area contributed by atoms with Crippen molar-refractivity contribution in [2.45, 2.75) is 6.54 Å². The summed E-state index contributed by atoms with van der Waals surface area (Å²) in [4.78, 5) is 2.19. The minimum atomic E-state index is 0.541. The van der Waals surface area contributed by atoms with Crippen LogP contribution in [0.5, 0.6) is 11.5 Å². The van der Waals surface area contributed by atoms with Crippen LogP contribution in [0, 0.1) is 0 Å². The molecule has 0 radical (unpaired) electrons. The fourth-order valence-electron chi connectivity index (χ4n) is 1.75. The number of ether oxygens (including phenoxy) is 3. The van der Waals surface area contributed by atoms with Gasteiger partial charge in [-0.05, 0) is 24.7 Å². The van der Waals surface area contributed by atoms with Gasteiger partial charge in [0, 0.05) is 19.0 Å². The highest BCUT2D eigenvalue weighted by molar-refractivity contribution is 6.17. The van der Waals surface area contributed by atoms with Crippen molar-refractivity contribution in [3.8, 4) is 11.5 Å². The summed E-state index contributed by atoms with van der Waals surface area (Å²) in [6.45, 7) is 3.00. The number of likely N-dealkylation sites (N-methyl/N-ethyl adjacent to an activating group) is 1. The van der Waals surface area contributed by atoms with Gasteiger partial charge in [-0.25, -0.2) is 0 Å². The van der Waals surface area contributed by atoms with E-state index in [0.29, 0.717) is 19.1 Å². The lowest BCUT2D eigenvalue weighted by Gasteiger charge is -2.17. The first-order valence-corrected chi connectivity index (χ1v) is 6.78. The molecule has 0 saturated heterocycles. The van der Waals surface area contributed by atoms with Crippen molar-refractivity contribution < 1.29 is 14.2 Å². The number of hydrogen-bond donors (Lipinski definition) is 0. The Bertz CT molecular complexity index is 374. The molecule has 0 saturated carbocycles. The van der Waals surface area contributed by atoms with Gasteiger partial charge >= 0.3 is 0 Å². The first-order chi connectivity index (χ1) is 9.21. The van der Waals surface area contributed by atoms with Crippen molar-refractivity contribution in [2.75, 3.05) is 46.9 Å². The summed E-state index contributed by atoms with van der Waals surface area (Å²) in [5.41, 5.74) is 1.18. The van der Waals surface area contributed by atoms with Gasteiger partial charge in [0.1, 0.15) is 0 Å². The third-order valence-electron chi connectivity index (χ3n) is 2.74. The SMILES string of the molecule is COc1ccc(CN(C)CCOCCCl)cc1OC. The fraction of sp³-hybridized carbons (Fsp3) is 0.571. The second-order valence-electron chi connectivity index (χ2n) is 4.23. The lowest BCUT2D eigenvalue weighted by Crippen LogP contribution is -2.23. The summed E-state index contributed by atoms with van der Waals surface area (Å²) < 4.78 is 15.9. The number of alkyl halides is 1. The standard InChI is InChI=1S/C14H22ClNO3/c1-16(7-9-19-8-6-15)11-12-4-5-13(17-2)14(10-12)18-3/h4-5,10H,6-9,11H2,1-3H3. The predicted molar refractivity (Wildman–Crippen MR) is 77.4 cm³/mol. The number of halogens is 1. The maximum atomic E-state index is 5.54. The van der Waals surface area contributed by atoms with E-state index in [4.69, 9.17) is 25.8 Å². The van der Waals surface area contributed by atoms with Gasteiger partial charge in [0.25, 0.3) is 0 Å². The fourth-order valence-corrected chi connectivity index (χ4v) is 1.86. The monoisotopic (exact) mass is 287 g/mol. The van der Waals surface area contributed by atoms with E-state index in [0.717, 1.165) is 24.6 Å². The highest BCUT2D eigenvalue weighted by Crippen LogP contribution is 2.27. The van der Waals surface area contributed by atoms with Crippen LogP contribution in [0.1, 0.15) is 5.56 Å². The molecule has 19 heavy (non-hydrogen) atoms. The van der Waals surface area contributed by atoms with Crippen LogP contribution in [0.15, 0.2) is 18.2 Å². The zero-order valence-corrected chi connectivity index (χ0v) is 12.6. The van der Waals surface area contributed by atoms with Gasteiger partial charge in [0.2, 0.25) is 0 Å². The molecule has 0 aliphatic heterocycles. The zero-order chi connectivity index (χ0) is 14.1. The van der Waals surface area contributed by atoms with E-state index >= 15 is 0 Å². The van der Waals surface area contributed by atoms with Gasteiger partial charge in [-0.2, -0.15) is 0 Å². The molecule has 0 unspecified atom stereocenters. The molecule has 0 spiro atoms. The maximum absolute atomic E-state index is 5.54. The Morgan fingerprint density at radius 1 is 1.11 bits per heavy atom. The van der Waals surface area contributed by atoms with Crippen LogP contribution in [0.25, 0.3) is 0 Å². The number of nitrogens with zero attached hydrogens (tertiary/aromatic N) is 1. The third kappa shape index (κ3) is 5.68. The molecule has 0 aliphatic carbocycles. The number of rotatable bonds is 9. The topological polar surface area (TPSA) is 30.9 Å². The summed E-state index contributed by atoms with van der Waals surface area (Å²) in [5.74, 6) is 2.05. The van der Waals surface area contributed by atoms with E-state index in [9.17, 15) is 0 Å². The molecule has 0 aromatic heterocycles. The van der Waals surface area contributed by atoms with Crippen molar-refractivity contribution in [2.24, 2.45) is 0 Å². The number of methoxy groups -OCH3 is 2. The van der Waals surface area contributed by atoms with E-state index < -0.39 is 0 Å². The quantitative estimate of drug-likeness (QED) is 0.515. The van der Waals surface area contributed by atoms with Crippen LogP contribution in [0.2, 0.25) is 0 Å². The largest absolute Gasteiger partial charge is 0.493 e. The Labute approximate surface area is 120 Å². The Morgan fingerprint density at radius 3 is 2.47 bits per heavy atom. The Balaban J connectivity index is 2.47. The summed E-state index contributed by atoms with van der Waals surface area (Å²) in [5, 5.41) is 0. The van der Waals surface area contributed by atoms with Gasteiger partial charge in [-0.15, -0.1) is 11.6 Å². The van der Waals surface area contributed by atoms with E-state index in [1.807, 2.05) is 18.2 Å². The number of benzene rings is 1. The van der Waals surface area contributed by atoms with Crippen LogP contribution in [-0.2, 0) is 11.3 Å². The van der Waals surface area contributed by atoms with Crippen LogP contribution in [-0.4, -0.2) is 51.8 Å². The van der Waals surface area contributed by atoms with Gasteiger partial charge in [-0.1, -0.05) is 6.07 Å². The van der Waals surface area contributed by atoms with Crippen LogP contribution in [0.4, 0.5) is 0 Å². The Morgan fingerprint density at radius 2 is 1.84 bits per heavy atom. The molecular weight excluding hydrogens is 266 g/mol. The molecule has 0 N–H and O–H groups in total. The Kier molecular flexibility index (Phi) is 7.63. The molecular formula is C14H22ClNO3. The third-order valence-corrected chi connectivity index (χ3v) is 2.89. The average molecular weight is 288 g/mol. The van der Waals surface area contributed by atoms with E-state index in [-0.39, 0.29) is 0 Å². The Hall–Kier alpha value is -0.970. The summed E-state index contributed by atoms with van der Waals surface area (Å²) in [6.07, 6.45) is 0. The molecule has 1 aromatic rings. The highest BCUT2D eigenvalue weighted by atomic mass is 35.5. The van der Waals surface area contributed by atoms with E-state index in [1.165, 1.54) is 5.56 Å². The number of hydrogen-bond acceptors (Lipinski definition) is 4. The maximum Gasteiger partial charge on any atom is 0.161 e. The minimum absolute atomic E-state index is 0.541. The van der Waals surface area contributed by atoms with Crippen molar-refractivity contribution in [3.05, 3.63) is 23.8 Å². The van der Waals surface area contributed by atoms with Crippen molar-refractivity contribution in [3.63, 3.8) is 0 Å². The second kappa shape index (κ2) is 9.02. The average Bonchev–Trinajstić information content (AvgIpc) is 2.43. The smallest absolute Gasteiger partial charge is 0.161 e. The van der Waals surface area contributed by atoms with Crippen molar-refractivity contribution in [1.82, 2.24) is 4.90 Å². The van der Waals surface area contributed by atoms with E-state index in [1.54, 1.807) is 14.2 Å². The second-order valence-corrected chi connectivity index (χ2v) is 4.61. The molecule has 0 aliphatic rings. The van der Waals surface area contributed by atoms with Crippen LogP contribution in [0.3, 0.4) is 0 Å². The zero-order valence-electron chi connectivity index (χ0n) is 11.8. The van der Waals surface area contributed by atoms with Gasteiger partial charge in [0.05, 0.1) is 27.4 Å². The predicted octanol–water partition coefficient (Wildman–Crippen LogP) is 2.39. The minimum Gasteiger partial charge on any atom is -0.493 e. The van der Waals surface area contributed by atoms with Gasteiger partial charge < -0.3 is 14.2 Å². The highest BCUT2D eigenvalue weighted by Gasteiger charge is 2.06. The summed E-state index contributed by atoms with van der Waals surface area (Å²) in [7, 11) is 5.34. The first-order valence-electron chi connectivity index (χ1n) is 6.24. The lowest BCUT2D eigenvalue weighted by atomic mass is 10.2. The first kappa shape index (κ1) is 16.1. The molecule has 0 amide bonds. The summed E-state index contributed by atoms with van der Waals surface area (Å²) in [6, 6.07) is 5.96. The molecule has 4 nitrogen and oxygen atoms in total. The molecule has 0 atom stereocenters. The van der Waals surface area contributed by atoms with Gasteiger partial charge in [-0.3, -0.25) is 4.90 Å². The lowest BCUT2D eigenvalue weighted by molar-refractivity contribution is 0.121. The van der Waals surface area contributed by atoms with Crippen molar-refractivity contribution >= 4 is 11.6 Å². The van der Waals surface area contributed by atoms with Crippen molar-refractivity contribution in [1.29, 1.82) is 0 Å². The molecule has 108 valence electrons. The molecule has 1 aromatic carbocycles. The van der Waals surface area contributed by atoms with E-state index in [2.05, 4.69) is 11.9 Å². The molecule has 5 heteroatoms. The molecule has 0 fully saturated rings. The molecule has 1 rings (SSSR count). The molecule has 0 bridgehead atoms.